The van der Waals surface area contributed by atoms with Crippen LogP contribution >= 0.6 is 23.4 Å². The number of hydrogen-bond donors (Lipinski definition) is 0. The molecule has 0 N–H and O–H groups in total. The molecule has 0 heterocycles. The average Bonchev–Trinajstić information content (AvgIpc) is 2.23. The minimum atomic E-state index is 0.0361. The van der Waals surface area contributed by atoms with Crippen molar-refractivity contribution in [2.24, 2.45) is 0 Å². The van der Waals surface area contributed by atoms with Crippen LogP contribution in [0.25, 0.3) is 0 Å². The molecular formula is C12H9ClO2S. The topological polar surface area (TPSA) is 34.1 Å². The quantitative estimate of drug-likeness (QED) is 0.600. The van der Waals surface area contributed by atoms with Crippen molar-refractivity contribution in [2.75, 3.05) is 5.75 Å². The Bertz CT molecular complexity index is 472. The molecule has 0 saturated heterocycles. The summed E-state index contributed by atoms with van der Waals surface area (Å²) in [5, 5.41) is 0.516. The molecule has 0 aliphatic heterocycles. The van der Waals surface area contributed by atoms with Crippen LogP contribution in [0.4, 0.5) is 0 Å². The van der Waals surface area contributed by atoms with Gasteiger partial charge in [-0.2, -0.15) is 0 Å². The highest BCUT2D eigenvalue weighted by atomic mass is 35.5. The first-order chi connectivity index (χ1) is 7.61. The summed E-state index contributed by atoms with van der Waals surface area (Å²) >= 11 is 6.96. The molecule has 0 aliphatic rings. The van der Waals surface area contributed by atoms with Gasteiger partial charge in [-0.05, 0) is 18.2 Å². The normalized spacial score (nSPS) is 9.12. The van der Waals surface area contributed by atoms with Gasteiger partial charge in [-0.25, -0.2) is 0 Å². The lowest BCUT2D eigenvalue weighted by Gasteiger charge is -1.95. The molecule has 0 saturated carbocycles. The first-order valence-electron chi connectivity index (χ1n) is 4.50. The first-order valence-corrected chi connectivity index (χ1v) is 5.86. The summed E-state index contributed by atoms with van der Waals surface area (Å²) in [5.74, 6) is 6.12. The van der Waals surface area contributed by atoms with E-state index < -0.39 is 0 Å². The SMILES string of the molecule is CC(=O)SCC#Cc1cc(Cl)cc(C=O)c1. The Labute approximate surface area is 103 Å². The van der Waals surface area contributed by atoms with E-state index in [2.05, 4.69) is 11.8 Å². The Morgan fingerprint density at radius 1 is 1.50 bits per heavy atom. The number of hydrogen-bond acceptors (Lipinski definition) is 3. The Morgan fingerprint density at radius 3 is 2.88 bits per heavy atom. The van der Waals surface area contributed by atoms with Crippen LogP contribution in [0.15, 0.2) is 18.2 Å². The molecule has 0 atom stereocenters. The molecule has 0 fully saturated rings. The van der Waals surface area contributed by atoms with Crippen molar-refractivity contribution >= 4 is 34.8 Å². The van der Waals surface area contributed by atoms with Crippen molar-refractivity contribution in [1.29, 1.82) is 0 Å². The molecule has 2 nitrogen and oxygen atoms in total. The van der Waals surface area contributed by atoms with Gasteiger partial charge in [0.2, 0.25) is 0 Å². The molecular weight excluding hydrogens is 244 g/mol. The summed E-state index contributed by atoms with van der Waals surface area (Å²) in [7, 11) is 0. The fourth-order valence-electron chi connectivity index (χ4n) is 1.03. The maximum Gasteiger partial charge on any atom is 0.186 e. The van der Waals surface area contributed by atoms with Crippen LogP contribution in [-0.2, 0) is 4.79 Å². The van der Waals surface area contributed by atoms with Crippen molar-refractivity contribution < 1.29 is 9.59 Å². The van der Waals surface area contributed by atoms with Crippen LogP contribution in [0.1, 0.15) is 22.8 Å². The highest BCUT2D eigenvalue weighted by molar-refractivity contribution is 8.13. The van der Waals surface area contributed by atoms with Crippen molar-refractivity contribution in [3.8, 4) is 11.8 Å². The van der Waals surface area contributed by atoms with E-state index in [9.17, 15) is 9.59 Å². The van der Waals surface area contributed by atoms with Crippen LogP contribution in [-0.4, -0.2) is 17.2 Å². The number of rotatable bonds is 2. The van der Waals surface area contributed by atoms with Gasteiger partial charge in [0.15, 0.2) is 5.12 Å². The minimum absolute atomic E-state index is 0.0361. The van der Waals surface area contributed by atoms with Crippen molar-refractivity contribution in [1.82, 2.24) is 0 Å². The van der Waals surface area contributed by atoms with Crippen molar-refractivity contribution in [3.63, 3.8) is 0 Å². The molecule has 0 spiro atoms. The molecule has 1 aromatic rings. The summed E-state index contributed by atoms with van der Waals surface area (Å²) in [4.78, 5) is 21.2. The summed E-state index contributed by atoms with van der Waals surface area (Å²) in [6.07, 6.45) is 0.724. The molecule has 1 aromatic carbocycles. The highest BCUT2D eigenvalue weighted by Gasteiger charge is 1.96. The zero-order valence-corrected chi connectivity index (χ0v) is 10.2. The molecule has 0 amide bonds. The van der Waals surface area contributed by atoms with Crippen LogP contribution in [0.3, 0.4) is 0 Å². The van der Waals surface area contributed by atoms with Gasteiger partial charge < -0.3 is 0 Å². The second-order valence-electron chi connectivity index (χ2n) is 2.97. The monoisotopic (exact) mass is 252 g/mol. The molecule has 0 radical (unpaired) electrons. The van der Waals surface area contributed by atoms with Crippen LogP contribution in [0.2, 0.25) is 5.02 Å². The number of carbonyl (C=O) groups excluding carboxylic acids is 2. The zero-order chi connectivity index (χ0) is 12.0. The predicted molar refractivity (Wildman–Crippen MR) is 66.9 cm³/mol. The maximum absolute atomic E-state index is 10.6. The summed E-state index contributed by atoms with van der Waals surface area (Å²) in [6.45, 7) is 1.50. The van der Waals surface area contributed by atoms with E-state index in [1.807, 2.05) is 0 Å². The molecule has 4 heteroatoms. The van der Waals surface area contributed by atoms with E-state index in [4.69, 9.17) is 11.6 Å². The number of halogens is 1. The maximum atomic E-state index is 10.6. The zero-order valence-electron chi connectivity index (χ0n) is 8.62. The second-order valence-corrected chi connectivity index (χ2v) is 4.56. The van der Waals surface area contributed by atoms with Crippen molar-refractivity contribution in [3.05, 3.63) is 34.3 Å². The largest absolute Gasteiger partial charge is 0.298 e. The van der Waals surface area contributed by atoms with E-state index in [1.54, 1.807) is 18.2 Å². The Kier molecular flexibility index (Phi) is 5.10. The highest BCUT2D eigenvalue weighted by Crippen LogP contribution is 2.13. The smallest absolute Gasteiger partial charge is 0.186 e. The van der Waals surface area contributed by atoms with Gasteiger partial charge in [0.25, 0.3) is 0 Å². The number of aldehydes is 1. The summed E-state index contributed by atoms with van der Waals surface area (Å²) < 4.78 is 0. The lowest BCUT2D eigenvalue weighted by molar-refractivity contribution is -0.109. The van der Waals surface area contributed by atoms with Crippen LogP contribution in [0.5, 0.6) is 0 Å². The fraction of sp³-hybridized carbons (Fsp3) is 0.167. The molecule has 0 aromatic heterocycles. The summed E-state index contributed by atoms with van der Waals surface area (Å²) in [6, 6.07) is 4.91. The van der Waals surface area contributed by atoms with E-state index in [1.165, 1.54) is 6.92 Å². The molecule has 0 bridgehead atoms. The number of benzene rings is 1. The molecule has 82 valence electrons. The first kappa shape index (κ1) is 12.8. The van der Waals surface area contributed by atoms with Gasteiger partial charge in [-0.3, -0.25) is 9.59 Å². The van der Waals surface area contributed by atoms with Gasteiger partial charge in [0, 0.05) is 23.1 Å². The van der Waals surface area contributed by atoms with Gasteiger partial charge in [0.05, 0.1) is 5.75 Å². The van der Waals surface area contributed by atoms with Gasteiger partial charge in [-0.1, -0.05) is 35.2 Å². The van der Waals surface area contributed by atoms with Gasteiger partial charge in [-0.15, -0.1) is 0 Å². The average molecular weight is 253 g/mol. The van der Waals surface area contributed by atoms with Gasteiger partial charge in [0.1, 0.15) is 6.29 Å². The molecule has 1 rings (SSSR count). The van der Waals surface area contributed by atoms with Crippen molar-refractivity contribution in [2.45, 2.75) is 6.92 Å². The van der Waals surface area contributed by atoms with Crippen LogP contribution in [0, 0.1) is 11.8 Å². The third-order valence-electron chi connectivity index (χ3n) is 1.64. The van der Waals surface area contributed by atoms with Gasteiger partial charge >= 0.3 is 0 Å². The van der Waals surface area contributed by atoms with E-state index in [0.717, 1.165) is 18.0 Å². The number of thioether (sulfide) groups is 1. The standard InChI is InChI=1S/C12H9ClO2S/c1-9(15)16-4-2-3-10-5-11(8-14)7-12(13)6-10/h5-8H,4H2,1H3. The third-order valence-corrected chi connectivity index (χ3v) is 2.55. The Balaban J connectivity index is 2.76. The van der Waals surface area contributed by atoms with E-state index in [-0.39, 0.29) is 5.12 Å². The predicted octanol–water partition coefficient (Wildman–Crippen LogP) is 2.78. The van der Waals surface area contributed by atoms with Crippen LogP contribution < -0.4 is 0 Å². The Morgan fingerprint density at radius 2 is 2.25 bits per heavy atom. The van der Waals surface area contributed by atoms with E-state index in [0.29, 0.717) is 21.9 Å². The molecule has 0 unspecified atom stereocenters. The lowest BCUT2D eigenvalue weighted by Crippen LogP contribution is -1.84. The summed E-state index contributed by atoms with van der Waals surface area (Å²) in [5.41, 5.74) is 1.18. The lowest BCUT2D eigenvalue weighted by atomic mass is 10.1. The fourth-order valence-corrected chi connectivity index (χ4v) is 1.62. The van der Waals surface area contributed by atoms with E-state index >= 15 is 0 Å². The minimum Gasteiger partial charge on any atom is -0.298 e. The molecule has 0 aliphatic carbocycles. The Hall–Kier alpha value is -1.24. The third kappa shape index (κ3) is 4.52. The molecule has 16 heavy (non-hydrogen) atoms. The second kappa shape index (κ2) is 6.37. The number of carbonyl (C=O) groups is 2.